The van der Waals surface area contributed by atoms with Crippen molar-refractivity contribution < 1.29 is 17.6 Å². The van der Waals surface area contributed by atoms with E-state index >= 15 is 0 Å². The van der Waals surface area contributed by atoms with Crippen molar-refractivity contribution in [2.45, 2.75) is 4.90 Å². The second kappa shape index (κ2) is 4.85. The first kappa shape index (κ1) is 14.8. The first-order valence-electron chi connectivity index (χ1n) is 7.15. The summed E-state index contributed by atoms with van der Waals surface area (Å²) in [5.74, 6) is -0.826. The summed E-state index contributed by atoms with van der Waals surface area (Å²) in [4.78, 5) is 12.8. The largest absolute Gasteiger partial charge is 0.384 e. The number of ketones is 1. The number of benzene rings is 2. The average molecular weight is 342 g/mol. The van der Waals surface area contributed by atoms with Gasteiger partial charge in [-0.1, -0.05) is 24.3 Å². The minimum atomic E-state index is -3.88. The number of rotatable bonds is 2. The fourth-order valence-electron chi connectivity index (χ4n) is 3.10. The highest BCUT2D eigenvalue weighted by molar-refractivity contribution is 7.90. The topological polar surface area (TPSA) is 75.6 Å². The van der Waals surface area contributed by atoms with E-state index < -0.39 is 15.8 Å². The van der Waals surface area contributed by atoms with Crippen molar-refractivity contribution in [3.05, 3.63) is 70.7 Å². The molecule has 4 rings (SSSR count). The SMILES string of the molecule is CNC1=C(c2cccc(F)c2)C2=NS(=O)(=O)c3cccc(c32)C1=O. The lowest BCUT2D eigenvalue weighted by Gasteiger charge is -2.22. The van der Waals surface area contributed by atoms with Gasteiger partial charge in [-0.05, 0) is 23.8 Å². The monoisotopic (exact) mass is 342 g/mol. The Morgan fingerprint density at radius 3 is 2.58 bits per heavy atom. The molecule has 0 saturated heterocycles. The minimum Gasteiger partial charge on any atom is -0.384 e. The molecule has 120 valence electrons. The van der Waals surface area contributed by atoms with Gasteiger partial charge in [0.2, 0.25) is 5.78 Å². The van der Waals surface area contributed by atoms with Gasteiger partial charge in [0, 0.05) is 23.7 Å². The summed E-state index contributed by atoms with van der Waals surface area (Å²) in [6.45, 7) is 0. The second-order valence-corrected chi connectivity index (χ2v) is 7.01. The van der Waals surface area contributed by atoms with Crippen LogP contribution < -0.4 is 5.32 Å². The van der Waals surface area contributed by atoms with Crippen LogP contribution in [0.3, 0.4) is 0 Å². The summed E-state index contributed by atoms with van der Waals surface area (Å²) < 4.78 is 42.2. The molecule has 0 aromatic heterocycles. The molecule has 0 amide bonds. The van der Waals surface area contributed by atoms with Crippen molar-refractivity contribution in [2.24, 2.45) is 4.40 Å². The zero-order valence-corrected chi connectivity index (χ0v) is 13.3. The van der Waals surface area contributed by atoms with Crippen molar-refractivity contribution in [2.75, 3.05) is 7.05 Å². The van der Waals surface area contributed by atoms with E-state index in [9.17, 15) is 17.6 Å². The van der Waals surface area contributed by atoms with Gasteiger partial charge in [0.1, 0.15) is 5.82 Å². The number of likely N-dealkylation sites (N-methyl/N-ethyl adjacent to an activating group) is 1. The number of allylic oxidation sites excluding steroid dienone is 2. The van der Waals surface area contributed by atoms with Gasteiger partial charge < -0.3 is 5.32 Å². The van der Waals surface area contributed by atoms with Gasteiger partial charge in [-0.3, -0.25) is 4.79 Å². The van der Waals surface area contributed by atoms with Crippen LogP contribution in [0.4, 0.5) is 4.39 Å². The van der Waals surface area contributed by atoms with Crippen LogP contribution in [0.15, 0.2) is 57.5 Å². The minimum absolute atomic E-state index is 0.00686. The number of Topliss-reactive ketones (excluding diaryl/α,β-unsaturated/α-hetero) is 1. The molecule has 0 radical (unpaired) electrons. The van der Waals surface area contributed by atoms with Crippen molar-refractivity contribution in [3.63, 3.8) is 0 Å². The summed E-state index contributed by atoms with van der Waals surface area (Å²) in [5.41, 5.74) is 1.63. The average Bonchev–Trinajstić information content (AvgIpc) is 2.83. The summed E-state index contributed by atoms with van der Waals surface area (Å²) in [6, 6.07) is 10.2. The van der Waals surface area contributed by atoms with Crippen LogP contribution in [-0.4, -0.2) is 27.0 Å². The standard InChI is InChI=1S/C17H11FN2O3S/c1-19-16-13(9-4-2-5-10(18)8-9)15-14-11(17(16)21)6-3-7-12(14)24(22,23)20-15/h2-8,19H,1H3. The third kappa shape index (κ3) is 1.88. The van der Waals surface area contributed by atoms with Crippen LogP contribution in [-0.2, 0) is 10.0 Å². The highest BCUT2D eigenvalue weighted by Gasteiger charge is 2.40. The molecule has 0 unspecified atom stereocenters. The predicted molar refractivity (Wildman–Crippen MR) is 86.9 cm³/mol. The van der Waals surface area contributed by atoms with Crippen molar-refractivity contribution >= 4 is 27.1 Å². The summed E-state index contributed by atoms with van der Waals surface area (Å²) in [7, 11) is -2.31. The maximum absolute atomic E-state index is 13.7. The fourth-order valence-corrected chi connectivity index (χ4v) is 4.33. The van der Waals surface area contributed by atoms with E-state index in [1.165, 1.54) is 30.3 Å². The number of nitrogens with one attached hydrogen (secondary N) is 1. The number of carbonyl (C=O) groups is 1. The van der Waals surface area contributed by atoms with Crippen LogP contribution in [0.2, 0.25) is 0 Å². The maximum atomic E-state index is 13.7. The Morgan fingerprint density at radius 1 is 1.12 bits per heavy atom. The Balaban J connectivity index is 2.12. The van der Waals surface area contributed by atoms with Crippen LogP contribution in [0.25, 0.3) is 5.57 Å². The summed E-state index contributed by atoms with van der Waals surface area (Å²) >= 11 is 0. The van der Waals surface area contributed by atoms with Crippen LogP contribution in [0.5, 0.6) is 0 Å². The first-order valence-corrected chi connectivity index (χ1v) is 8.59. The van der Waals surface area contributed by atoms with Gasteiger partial charge in [-0.15, -0.1) is 0 Å². The van der Waals surface area contributed by atoms with E-state index in [0.717, 1.165) is 0 Å². The molecule has 1 N–H and O–H groups in total. The Bertz CT molecular complexity index is 1080. The molecule has 24 heavy (non-hydrogen) atoms. The molecule has 0 fully saturated rings. The molecule has 0 spiro atoms. The van der Waals surface area contributed by atoms with Gasteiger partial charge in [0.25, 0.3) is 10.0 Å². The number of sulfonamides is 1. The third-order valence-corrected chi connectivity index (χ3v) is 5.39. The number of hydrogen-bond donors (Lipinski definition) is 1. The second-order valence-electron chi connectivity index (χ2n) is 5.43. The van der Waals surface area contributed by atoms with Gasteiger partial charge in [-0.2, -0.15) is 12.8 Å². The normalized spacial score (nSPS) is 17.6. The van der Waals surface area contributed by atoms with E-state index in [4.69, 9.17) is 0 Å². The number of halogens is 1. The molecule has 1 heterocycles. The quantitative estimate of drug-likeness (QED) is 0.907. The maximum Gasteiger partial charge on any atom is 0.283 e. The molecule has 0 atom stereocenters. The van der Waals surface area contributed by atoms with Crippen LogP contribution in [0.1, 0.15) is 21.5 Å². The van der Waals surface area contributed by atoms with Gasteiger partial charge in [-0.25, -0.2) is 4.39 Å². The number of hydrogen-bond acceptors (Lipinski definition) is 4. The van der Waals surface area contributed by atoms with Gasteiger partial charge >= 0.3 is 0 Å². The molecule has 0 bridgehead atoms. The van der Waals surface area contributed by atoms with E-state index in [-0.39, 0.29) is 27.7 Å². The molecule has 1 aliphatic heterocycles. The van der Waals surface area contributed by atoms with E-state index in [1.54, 1.807) is 19.2 Å². The van der Waals surface area contributed by atoms with Crippen molar-refractivity contribution in [1.29, 1.82) is 0 Å². The third-order valence-electron chi connectivity index (χ3n) is 4.07. The molecular weight excluding hydrogens is 331 g/mol. The molecule has 7 heteroatoms. The molecule has 5 nitrogen and oxygen atoms in total. The van der Waals surface area contributed by atoms with Gasteiger partial charge in [0.05, 0.1) is 16.3 Å². The Hall–Kier alpha value is -2.80. The van der Waals surface area contributed by atoms with Crippen LogP contribution >= 0.6 is 0 Å². The number of nitrogens with zero attached hydrogens (tertiary/aromatic N) is 1. The van der Waals surface area contributed by atoms with E-state index in [1.807, 2.05) is 0 Å². The smallest absolute Gasteiger partial charge is 0.283 e. The fraction of sp³-hybridized carbons (Fsp3) is 0.0588. The lowest BCUT2D eigenvalue weighted by molar-refractivity contribution is 0.102. The van der Waals surface area contributed by atoms with Gasteiger partial charge in [0.15, 0.2) is 0 Å². The Morgan fingerprint density at radius 2 is 1.88 bits per heavy atom. The lowest BCUT2D eigenvalue weighted by Crippen LogP contribution is -2.27. The van der Waals surface area contributed by atoms with E-state index in [0.29, 0.717) is 16.7 Å². The predicted octanol–water partition coefficient (Wildman–Crippen LogP) is 2.14. The summed E-state index contributed by atoms with van der Waals surface area (Å²) in [6.07, 6.45) is 0. The summed E-state index contributed by atoms with van der Waals surface area (Å²) in [5, 5.41) is 2.81. The van der Waals surface area contributed by atoms with E-state index in [2.05, 4.69) is 9.71 Å². The zero-order chi connectivity index (χ0) is 17.1. The highest BCUT2D eigenvalue weighted by atomic mass is 32.2. The van der Waals surface area contributed by atoms with Crippen molar-refractivity contribution in [1.82, 2.24) is 5.32 Å². The zero-order valence-electron chi connectivity index (χ0n) is 12.5. The first-order chi connectivity index (χ1) is 11.4. The van der Waals surface area contributed by atoms with Crippen molar-refractivity contribution in [3.8, 4) is 0 Å². The lowest BCUT2D eigenvalue weighted by atomic mass is 9.83. The Kier molecular flexibility index (Phi) is 2.98. The molecule has 2 aromatic rings. The Labute approximate surface area is 137 Å². The molecule has 1 aliphatic carbocycles. The molecule has 2 aromatic carbocycles. The molecular formula is C17H11FN2O3S. The van der Waals surface area contributed by atoms with Crippen LogP contribution in [0, 0.1) is 5.82 Å². The highest BCUT2D eigenvalue weighted by Crippen LogP contribution is 2.40. The molecule has 2 aliphatic rings. The molecule has 0 saturated carbocycles. The number of carbonyl (C=O) groups excluding carboxylic acids is 1.